The molecule has 1 aromatic rings. The lowest BCUT2D eigenvalue weighted by atomic mass is 10.1. The number of carbonyl (C=O) groups is 1. The maximum Gasteiger partial charge on any atom is 0.323 e. The Morgan fingerprint density at radius 3 is 2.29 bits per heavy atom. The summed E-state index contributed by atoms with van der Waals surface area (Å²) >= 11 is 14.8. The van der Waals surface area contributed by atoms with Gasteiger partial charge in [0.15, 0.2) is 0 Å². The van der Waals surface area contributed by atoms with E-state index < -0.39 is 4.83 Å². The molecule has 1 atom stereocenters. The molecule has 0 heterocycles. The van der Waals surface area contributed by atoms with Crippen molar-refractivity contribution < 1.29 is 9.53 Å². The molecule has 0 aliphatic rings. The van der Waals surface area contributed by atoms with Gasteiger partial charge in [-0.3, -0.25) is 4.79 Å². The zero-order valence-corrected chi connectivity index (χ0v) is 10.4. The van der Waals surface area contributed by atoms with E-state index in [9.17, 15) is 4.79 Å². The number of carbonyl (C=O) groups excluding carboxylic acids is 1. The lowest BCUT2D eigenvalue weighted by molar-refractivity contribution is -0.139. The van der Waals surface area contributed by atoms with Crippen LogP contribution >= 0.6 is 39.1 Å². The normalized spacial score (nSPS) is 12.3. The van der Waals surface area contributed by atoms with E-state index in [0.717, 1.165) is 0 Å². The smallest absolute Gasteiger partial charge is 0.323 e. The van der Waals surface area contributed by atoms with E-state index in [4.69, 9.17) is 23.2 Å². The molecule has 0 N–H and O–H groups in total. The summed E-state index contributed by atoms with van der Waals surface area (Å²) in [6.45, 7) is 0. The van der Waals surface area contributed by atoms with Crippen LogP contribution in [0.1, 0.15) is 10.4 Å². The molecule has 1 aromatic carbocycles. The third-order valence-corrected chi connectivity index (χ3v) is 2.92. The summed E-state index contributed by atoms with van der Waals surface area (Å²) in [4.78, 5) is 10.6. The Hall–Kier alpha value is -0.250. The Balaban J connectivity index is 3.00. The van der Waals surface area contributed by atoms with Crippen molar-refractivity contribution in [2.24, 2.45) is 0 Å². The number of halogens is 3. The van der Waals surface area contributed by atoms with Crippen molar-refractivity contribution in [3.8, 4) is 0 Å². The predicted octanol–water partition coefficient (Wildman–Crippen LogP) is 3.60. The summed E-state index contributed by atoms with van der Waals surface area (Å²) in [6.07, 6.45) is 0. The van der Waals surface area contributed by atoms with Gasteiger partial charge in [-0.05, 0) is 23.8 Å². The quantitative estimate of drug-likeness (QED) is 0.616. The van der Waals surface area contributed by atoms with E-state index in [1.807, 2.05) is 0 Å². The first-order chi connectivity index (χ1) is 6.54. The second-order valence-corrected chi connectivity index (χ2v) is 4.38. The van der Waals surface area contributed by atoms with E-state index in [2.05, 4.69) is 20.7 Å². The van der Waals surface area contributed by atoms with E-state index in [0.29, 0.717) is 15.6 Å². The second-order valence-electron chi connectivity index (χ2n) is 2.59. The van der Waals surface area contributed by atoms with E-state index in [-0.39, 0.29) is 5.97 Å². The van der Waals surface area contributed by atoms with Gasteiger partial charge in [0.05, 0.1) is 7.11 Å². The Morgan fingerprint density at radius 1 is 1.36 bits per heavy atom. The van der Waals surface area contributed by atoms with Gasteiger partial charge in [-0.2, -0.15) is 0 Å². The van der Waals surface area contributed by atoms with E-state index >= 15 is 0 Å². The summed E-state index contributed by atoms with van der Waals surface area (Å²) < 4.78 is 4.57. The van der Waals surface area contributed by atoms with Crippen molar-refractivity contribution >= 4 is 45.1 Å². The van der Waals surface area contributed by atoms with Gasteiger partial charge in [0.25, 0.3) is 0 Å². The highest BCUT2D eigenvalue weighted by atomic mass is 79.9. The molecular formula is C9H7BrCl2O2. The van der Waals surface area contributed by atoms with Crippen molar-refractivity contribution in [1.29, 1.82) is 0 Å². The lowest BCUT2D eigenvalue weighted by Crippen LogP contribution is -2.08. The van der Waals surface area contributed by atoms with Crippen molar-refractivity contribution in [3.63, 3.8) is 0 Å². The molecule has 0 amide bonds. The third-order valence-electron chi connectivity index (χ3n) is 1.59. The number of rotatable bonds is 2. The van der Waals surface area contributed by atoms with Crippen LogP contribution in [0.5, 0.6) is 0 Å². The maximum atomic E-state index is 11.2. The fourth-order valence-corrected chi connectivity index (χ4v) is 1.96. The summed E-state index contributed by atoms with van der Waals surface area (Å²) in [5.74, 6) is -0.386. The molecule has 0 fully saturated rings. The fraction of sp³-hybridized carbons (Fsp3) is 0.222. The maximum absolute atomic E-state index is 11.2. The number of alkyl halides is 1. The largest absolute Gasteiger partial charge is 0.468 e. The monoisotopic (exact) mass is 296 g/mol. The summed E-state index contributed by atoms with van der Waals surface area (Å²) in [5, 5.41) is 0.974. The molecule has 0 saturated heterocycles. The number of hydrogen-bond donors (Lipinski definition) is 0. The number of esters is 1. The van der Waals surface area contributed by atoms with Crippen LogP contribution in [-0.4, -0.2) is 13.1 Å². The summed E-state index contributed by atoms with van der Waals surface area (Å²) in [5.41, 5.74) is 0.675. The Bertz CT molecular complexity index is 334. The molecule has 0 saturated carbocycles. The van der Waals surface area contributed by atoms with Crippen LogP contribution in [0.25, 0.3) is 0 Å². The van der Waals surface area contributed by atoms with Gasteiger partial charge in [-0.15, -0.1) is 0 Å². The zero-order valence-electron chi connectivity index (χ0n) is 7.26. The molecule has 0 bridgehead atoms. The Kier molecular flexibility index (Phi) is 4.23. The summed E-state index contributed by atoms with van der Waals surface area (Å²) in [7, 11) is 1.32. The van der Waals surface area contributed by atoms with Crippen LogP contribution in [-0.2, 0) is 9.53 Å². The van der Waals surface area contributed by atoms with Crippen molar-refractivity contribution in [3.05, 3.63) is 33.8 Å². The molecule has 76 valence electrons. The SMILES string of the molecule is COC(=O)[C@H](Br)c1cc(Cl)cc(Cl)c1. The van der Waals surface area contributed by atoms with Crippen LogP contribution in [0.4, 0.5) is 0 Å². The number of hydrogen-bond acceptors (Lipinski definition) is 2. The molecule has 2 nitrogen and oxygen atoms in total. The minimum atomic E-state index is -0.538. The van der Waals surface area contributed by atoms with Crippen LogP contribution < -0.4 is 0 Å². The van der Waals surface area contributed by atoms with E-state index in [1.54, 1.807) is 18.2 Å². The van der Waals surface area contributed by atoms with Crippen molar-refractivity contribution in [2.75, 3.05) is 7.11 Å². The second kappa shape index (κ2) is 5.01. The Morgan fingerprint density at radius 2 is 1.86 bits per heavy atom. The van der Waals surface area contributed by atoms with Gasteiger partial charge in [-0.1, -0.05) is 39.1 Å². The molecule has 14 heavy (non-hydrogen) atoms. The molecule has 0 unspecified atom stereocenters. The third kappa shape index (κ3) is 2.87. The minimum Gasteiger partial charge on any atom is -0.468 e. The number of benzene rings is 1. The van der Waals surface area contributed by atoms with Gasteiger partial charge >= 0.3 is 5.97 Å². The average Bonchev–Trinajstić information content (AvgIpc) is 2.14. The molecule has 0 aliphatic carbocycles. The summed E-state index contributed by atoms with van der Waals surface area (Å²) in [6, 6.07) is 4.91. The van der Waals surface area contributed by atoms with Crippen LogP contribution in [0.3, 0.4) is 0 Å². The minimum absolute atomic E-state index is 0.386. The highest BCUT2D eigenvalue weighted by Crippen LogP contribution is 2.29. The first-order valence-electron chi connectivity index (χ1n) is 3.72. The van der Waals surface area contributed by atoms with Crippen molar-refractivity contribution in [2.45, 2.75) is 4.83 Å². The highest BCUT2D eigenvalue weighted by molar-refractivity contribution is 9.09. The van der Waals surface area contributed by atoms with Gasteiger partial charge < -0.3 is 4.74 Å². The van der Waals surface area contributed by atoms with Gasteiger partial charge in [0.1, 0.15) is 4.83 Å². The van der Waals surface area contributed by atoms with Crippen LogP contribution in [0, 0.1) is 0 Å². The van der Waals surface area contributed by atoms with Gasteiger partial charge in [0.2, 0.25) is 0 Å². The van der Waals surface area contributed by atoms with Gasteiger partial charge in [0, 0.05) is 10.0 Å². The predicted molar refractivity (Wildman–Crippen MR) is 60.1 cm³/mol. The topological polar surface area (TPSA) is 26.3 Å². The highest BCUT2D eigenvalue weighted by Gasteiger charge is 2.18. The van der Waals surface area contributed by atoms with E-state index in [1.165, 1.54) is 7.11 Å². The van der Waals surface area contributed by atoms with Crippen molar-refractivity contribution in [1.82, 2.24) is 0 Å². The number of ether oxygens (including phenoxy) is 1. The van der Waals surface area contributed by atoms with Gasteiger partial charge in [-0.25, -0.2) is 0 Å². The average molecular weight is 298 g/mol. The molecule has 1 rings (SSSR count). The first-order valence-corrected chi connectivity index (χ1v) is 5.39. The zero-order chi connectivity index (χ0) is 10.7. The van der Waals surface area contributed by atoms with Crippen LogP contribution in [0.15, 0.2) is 18.2 Å². The molecule has 0 aliphatic heterocycles. The fourth-order valence-electron chi connectivity index (χ4n) is 0.961. The standard InChI is InChI=1S/C9H7BrCl2O2/c1-14-9(13)8(10)5-2-6(11)4-7(12)3-5/h2-4,8H,1H3/t8-/m1/s1. The molecular weight excluding hydrogens is 291 g/mol. The molecule has 5 heteroatoms. The lowest BCUT2D eigenvalue weighted by Gasteiger charge is -2.08. The molecule has 0 spiro atoms. The first kappa shape index (κ1) is 11.8. The molecule has 0 radical (unpaired) electrons. The molecule has 0 aromatic heterocycles. The van der Waals surface area contributed by atoms with Crippen LogP contribution in [0.2, 0.25) is 10.0 Å². The Labute approximate surface area is 100 Å². The number of methoxy groups -OCH3 is 1.